The molecule has 1 unspecified atom stereocenters. The fourth-order valence-electron chi connectivity index (χ4n) is 2.76. The summed E-state index contributed by atoms with van der Waals surface area (Å²) >= 11 is 3.85. The lowest BCUT2D eigenvalue weighted by Crippen LogP contribution is -2.46. The summed E-state index contributed by atoms with van der Waals surface area (Å²) in [7, 11) is 0. The Balaban J connectivity index is 1.92. The molecule has 0 aromatic rings. The van der Waals surface area contributed by atoms with Crippen LogP contribution in [0.4, 0.5) is 0 Å². The van der Waals surface area contributed by atoms with Crippen LogP contribution in [0.25, 0.3) is 0 Å². The van der Waals surface area contributed by atoms with Gasteiger partial charge in [0.05, 0.1) is 6.04 Å². The molecule has 1 aliphatic carbocycles. The standard InChI is InChI=1S/C14H26N2S2/c1-4-12(9-17-3)15-13-16-14(10-18-13)7-5-11(2)6-8-14/h11-12H,4-10H2,1-3H3,(H,15,16). The predicted molar refractivity (Wildman–Crippen MR) is 85.9 cm³/mol. The van der Waals surface area contributed by atoms with Gasteiger partial charge in [-0.15, -0.1) is 0 Å². The number of nitrogens with one attached hydrogen (secondary N) is 1. The van der Waals surface area contributed by atoms with Crippen molar-refractivity contribution in [3.05, 3.63) is 0 Å². The van der Waals surface area contributed by atoms with E-state index in [-0.39, 0.29) is 0 Å². The molecule has 104 valence electrons. The zero-order chi connectivity index (χ0) is 13.0. The Labute approximate surface area is 120 Å². The summed E-state index contributed by atoms with van der Waals surface area (Å²) in [5.74, 6) is 3.30. The maximum atomic E-state index is 4.90. The van der Waals surface area contributed by atoms with Crippen LogP contribution in [0.2, 0.25) is 0 Å². The molecule has 0 amide bonds. The number of amidine groups is 1. The van der Waals surface area contributed by atoms with Gasteiger partial charge in [-0.05, 0) is 44.3 Å². The normalized spacial score (nSPS) is 35.9. The smallest absolute Gasteiger partial charge is 0.157 e. The van der Waals surface area contributed by atoms with Crippen LogP contribution >= 0.6 is 23.5 Å². The minimum absolute atomic E-state index is 0.383. The second-order valence-corrected chi connectivity index (χ2v) is 7.70. The van der Waals surface area contributed by atoms with Crippen molar-refractivity contribution in [2.45, 2.75) is 57.5 Å². The fourth-order valence-corrected chi connectivity index (χ4v) is 4.74. The molecule has 18 heavy (non-hydrogen) atoms. The number of rotatable bonds is 4. The highest BCUT2D eigenvalue weighted by atomic mass is 32.2. The minimum atomic E-state index is 0.383. The number of thioether (sulfide) groups is 2. The van der Waals surface area contributed by atoms with E-state index in [1.54, 1.807) is 0 Å². The van der Waals surface area contributed by atoms with Gasteiger partial charge in [0.1, 0.15) is 0 Å². The van der Waals surface area contributed by atoms with E-state index in [1.165, 1.54) is 36.6 Å². The topological polar surface area (TPSA) is 24.4 Å². The average Bonchev–Trinajstić information content (AvgIpc) is 2.76. The predicted octanol–water partition coefficient (Wildman–Crippen LogP) is 3.77. The molecular weight excluding hydrogens is 260 g/mol. The summed E-state index contributed by atoms with van der Waals surface area (Å²) < 4.78 is 0. The van der Waals surface area contributed by atoms with Crippen LogP contribution in [0.5, 0.6) is 0 Å². The Morgan fingerprint density at radius 3 is 2.83 bits per heavy atom. The molecule has 1 heterocycles. The lowest BCUT2D eigenvalue weighted by molar-refractivity contribution is 0.250. The second kappa shape index (κ2) is 6.56. The molecule has 1 saturated heterocycles. The third-order valence-corrected chi connectivity index (χ3v) is 6.11. The van der Waals surface area contributed by atoms with Crippen LogP contribution in [0, 0.1) is 5.92 Å². The summed E-state index contributed by atoms with van der Waals surface area (Å²) in [6, 6.07) is 0.493. The molecule has 0 aromatic carbocycles. The summed E-state index contributed by atoms with van der Waals surface area (Å²) in [5.41, 5.74) is 0.383. The minimum Gasteiger partial charge on any atom is -0.359 e. The third-order valence-electron chi connectivity index (χ3n) is 4.22. The Morgan fingerprint density at radius 2 is 2.22 bits per heavy atom. The first-order chi connectivity index (χ1) is 8.67. The maximum absolute atomic E-state index is 4.90. The molecule has 2 aliphatic rings. The quantitative estimate of drug-likeness (QED) is 0.851. The first kappa shape index (κ1) is 14.6. The third kappa shape index (κ3) is 3.60. The summed E-state index contributed by atoms with van der Waals surface area (Å²) in [5, 5.41) is 4.97. The molecule has 1 aliphatic heterocycles. The molecule has 4 heteroatoms. The summed E-state index contributed by atoms with van der Waals surface area (Å²) in [6.45, 7) is 4.62. The molecular formula is C14H26N2S2. The van der Waals surface area contributed by atoms with E-state index >= 15 is 0 Å². The Morgan fingerprint density at radius 1 is 1.50 bits per heavy atom. The van der Waals surface area contributed by atoms with Gasteiger partial charge in [-0.2, -0.15) is 11.8 Å². The number of nitrogens with zero attached hydrogens (tertiary/aromatic N) is 1. The van der Waals surface area contributed by atoms with Gasteiger partial charge < -0.3 is 5.32 Å². The Bertz CT molecular complexity index is 296. The van der Waals surface area contributed by atoms with Gasteiger partial charge in [-0.3, -0.25) is 4.99 Å². The van der Waals surface area contributed by atoms with Gasteiger partial charge in [-0.1, -0.05) is 25.6 Å². The van der Waals surface area contributed by atoms with Crippen LogP contribution in [0.3, 0.4) is 0 Å². The number of hydrogen-bond donors (Lipinski definition) is 1. The summed E-state index contributed by atoms with van der Waals surface area (Å²) in [4.78, 5) is 4.90. The molecule has 0 radical (unpaired) electrons. The highest BCUT2D eigenvalue weighted by Gasteiger charge is 2.39. The van der Waals surface area contributed by atoms with Crippen molar-refractivity contribution in [1.29, 1.82) is 0 Å². The SMILES string of the molecule is CCC(CSC)N=C1NC2(CCC(C)CC2)CS1. The maximum Gasteiger partial charge on any atom is 0.157 e. The molecule has 1 atom stereocenters. The molecule has 1 saturated carbocycles. The lowest BCUT2D eigenvalue weighted by Gasteiger charge is -2.35. The van der Waals surface area contributed by atoms with Crippen LogP contribution in [0.1, 0.15) is 46.0 Å². The molecule has 2 nitrogen and oxygen atoms in total. The molecule has 1 spiro atoms. The molecule has 0 bridgehead atoms. The van der Waals surface area contributed by atoms with Gasteiger partial charge in [0.25, 0.3) is 0 Å². The van der Waals surface area contributed by atoms with Crippen LogP contribution in [-0.2, 0) is 0 Å². The monoisotopic (exact) mass is 286 g/mol. The van der Waals surface area contributed by atoms with Gasteiger partial charge in [-0.25, -0.2) is 0 Å². The van der Waals surface area contributed by atoms with E-state index in [2.05, 4.69) is 25.4 Å². The van der Waals surface area contributed by atoms with E-state index in [0.717, 1.165) is 18.1 Å². The van der Waals surface area contributed by atoms with Crippen LogP contribution in [-0.4, -0.2) is 34.5 Å². The van der Waals surface area contributed by atoms with Crippen molar-refractivity contribution < 1.29 is 0 Å². The van der Waals surface area contributed by atoms with Crippen molar-refractivity contribution in [1.82, 2.24) is 5.32 Å². The van der Waals surface area contributed by atoms with E-state index in [9.17, 15) is 0 Å². The van der Waals surface area contributed by atoms with Gasteiger partial charge in [0, 0.05) is 17.0 Å². The zero-order valence-electron chi connectivity index (χ0n) is 11.9. The van der Waals surface area contributed by atoms with Crippen molar-refractivity contribution in [3.8, 4) is 0 Å². The van der Waals surface area contributed by atoms with Crippen molar-refractivity contribution in [2.75, 3.05) is 17.8 Å². The van der Waals surface area contributed by atoms with Crippen molar-refractivity contribution in [3.63, 3.8) is 0 Å². The van der Waals surface area contributed by atoms with Crippen LogP contribution < -0.4 is 5.32 Å². The van der Waals surface area contributed by atoms with E-state index in [0.29, 0.717) is 11.6 Å². The number of hydrogen-bond acceptors (Lipinski definition) is 3. The molecule has 0 aromatic heterocycles. The molecule has 2 fully saturated rings. The first-order valence-corrected chi connectivity index (χ1v) is 9.53. The Hall–Kier alpha value is 0.170. The highest BCUT2D eigenvalue weighted by molar-refractivity contribution is 8.14. The molecule has 1 N–H and O–H groups in total. The van der Waals surface area contributed by atoms with Gasteiger partial charge in [0.15, 0.2) is 5.17 Å². The van der Waals surface area contributed by atoms with E-state index in [1.807, 2.05) is 23.5 Å². The Kier molecular flexibility index (Phi) is 5.31. The van der Waals surface area contributed by atoms with Crippen LogP contribution in [0.15, 0.2) is 4.99 Å². The highest BCUT2D eigenvalue weighted by Crippen LogP contribution is 2.38. The summed E-state index contributed by atoms with van der Waals surface area (Å²) in [6.07, 6.45) is 8.74. The largest absolute Gasteiger partial charge is 0.359 e. The lowest BCUT2D eigenvalue weighted by atomic mass is 9.78. The second-order valence-electron chi connectivity index (χ2n) is 5.83. The fraction of sp³-hybridized carbons (Fsp3) is 0.929. The first-order valence-electron chi connectivity index (χ1n) is 7.15. The molecule has 2 rings (SSSR count). The van der Waals surface area contributed by atoms with E-state index in [4.69, 9.17) is 4.99 Å². The van der Waals surface area contributed by atoms with Crippen molar-refractivity contribution in [2.24, 2.45) is 10.9 Å². The van der Waals surface area contributed by atoms with Crippen molar-refractivity contribution >= 4 is 28.7 Å². The van der Waals surface area contributed by atoms with Gasteiger partial charge >= 0.3 is 0 Å². The van der Waals surface area contributed by atoms with E-state index < -0.39 is 0 Å². The zero-order valence-corrected chi connectivity index (χ0v) is 13.5. The number of aliphatic imine (C=N–C) groups is 1. The van der Waals surface area contributed by atoms with Gasteiger partial charge in [0.2, 0.25) is 0 Å². The average molecular weight is 287 g/mol.